The SMILES string of the molecule is CCCCCCCCCCCCCC/C=C/[C@@H](N)CN=[N+]=[N-]. The Hall–Kier alpha value is -0.990. The second-order valence-electron chi connectivity index (χ2n) is 6.18. The molecule has 1 atom stereocenters. The first-order valence-corrected chi connectivity index (χ1v) is 9.24. The first-order valence-electron chi connectivity index (χ1n) is 9.24. The Morgan fingerprint density at radius 1 is 0.909 bits per heavy atom. The molecule has 0 heterocycles. The molecule has 4 heteroatoms. The summed E-state index contributed by atoms with van der Waals surface area (Å²) < 4.78 is 0. The molecule has 128 valence electrons. The van der Waals surface area contributed by atoms with Gasteiger partial charge in [0.2, 0.25) is 0 Å². The van der Waals surface area contributed by atoms with Crippen LogP contribution in [0.15, 0.2) is 17.3 Å². The molecule has 0 rings (SSSR count). The molecule has 0 unspecified atom stereocenters. The van der Waals surface area contributed by atoms with Gasteiger partial charge in [-0.2, -0.15) is 0 Å². The molecule has 0 aromatic heterocycles. The van der Waals surface area contributed by atoms with Gasteiger partial charge in [-0.1, -0.05) is 94.8 Å². The van der Waals surface area contributed by atoms with Gasteiger partial charge in [-0.05, 0) is 18.4 Å². The first-order chi connectivity index (χ1) is 10.8. The molecule has 22 heavy (non-hydrogen) atoms. The van der Waals surface area contributed by atoms with Crippen LogP contribution in [-0.2, 0) is 0 Å². The first kappa shape index (κ1) is 21.0. The van der Waals surface area contributed by atoms with E-state index in [-0.39, 0.29) is 6.04 Å². The summed E-state index contributed by atoms with van der Waals surface area (Å²) in [6.07, 6.45) is 21.7. The highest BCUT2D eigenvalue weighted by Crippen LogP contribution is 2.12. The molecule has 0 aliphatic rings. The summed E-state index contributed by atoms with van der Waals surface area (Å²) in [6.45, 7) is 2.62. The van der Waals surface area contributed by atoms with E-state index in [9.17, 15) is 0 Å². The van der Waals surface area contributed by atoms with Crippen LogP contribution < -0.4 is 5.73 Å². The van der Waals surface area contributed by atoms with E-state index in [0.717, 1.165) is 6.42 Å². The number of rotatable bonds is 16. The quantitative estimate of drug-likeness (QED) is 0.118. The molecule has 0 bridgehead atoms. The molecular weight excluding hydrogens is 272 g/mol. The molecule has 0 saturated carbocycles. The Bertz CT molecular complexity index is 295. The van der Waals surface area contributed by atoms with E-state index in [1.54, 1.807) is 0 Å². The summed E-state index contributed by atoms with van der Waals surface area (Å²) in [7, 11) is 0. The van der Waals surface area contributed by atoms with Crippen molar-refractivity contribution in [3.05, 3.63) is 22.6 Å². The predicted molar refractivity (Wildman–Crippen MR) is 96.8 cm³/mol. The zero-order chi connectivity index (χ0) is 16.3. The van der Waals surface area contributed by atoms with Gasteiger partial charge in [0.15, 0.2) is 0 Å². The van der Waals surface area contributed by atoms with Gasteiger partial charge in [0.05, 0.1) is 0 Å². The Labute approximate surface area is 137 Å². The van der Waals surface area contributed by atoms with Crippen LogP contribution in [0.5, 0.6) is 0 Å². The van der Waals surface area contributed by atoms with Crippen LogP contribution in [0.4, 0.5) is 0 Å². The Morgan fingerprint density at radius 3 is 1.91 bits per heavy atom. The molecule has 4 nitrogen and oxygen atoms in total. The van der Waals surface area contributed by atoms with Gasteiger partial charge in [-0.3, -0.25) is 0 Å². The molecular formula is C18H36N4. The van der Waals surface area contributed by atoms with Crippen molar-refractivity contribution < 1.29 is 0 Å². The monoisotopic (exact) mass is 308 g/mol. The number of hydrogen-bond donors (Lipinski definition) is 1. The molecule has 0 spiro atoms. The number of azide groups is 1. The minimum atomic E-state index is -0.131. The third-order valence-corrected chi connectivity index (χ3v) is 3.96. The zero-order valence-electron chi connectivity index (χ0n) is 14.6. The van der Waals surface area contributed by atoms with Crippen molar-refractivity contribution >= 4 is 0 Å². The lowest BCUT2D eigenvalue weighted by atomic mass is 10.0. The molecule has 0 radical (unpaired) electrons. The summed E-state index contributed by atoms with van der Waals surface area (Å²) in [5.74, 6) is 0. The van der Waals surface area contributed by atoms with E-state index in [1.807, 2.05) is 6.08 Å². The van der Waals surface area contributed by atoms with E-state index in [1.165, 1.54) is 77.0 Å². The van der Waals surface area contributed by atoms with Gasteiger partial charge in [-0.25, -0.2) is 0 Å². The van der Waals surface area contributed by atoms with E-state index < -0.39 is 0 Å². The molecule has 0 fully saturated rings. The molecule has 0 saturated heterocycles. The van der Waals surface area contributed by atoms with Gasteiger partial charge < -0.3 is 5.73 Å². The lowest BCUT2D eigenvalue weighted by Crippen LogP contribution is -2.19. The third-order valence-electron chi connectivity index (χ3n) is 3.96. The topological polar surface area (TPSA) is 74.8 Å². The zero-order valence-corrected chi connectivity index (χ0v) is 14.6. The molecule has 0 amide bonds. The lowest BCUT2D eigenvalue weighted by molar-refractivity contribution is 0.545. The van der Waals surface area contributed by atoms with E-state index in [4.69, 9.17) is 11.3 Å². The summed E-state index contributed by atoms with van der Waals surface area (Å²) in [5, 5.41) is 3.46. The van der Waals surface area contributed by atoms with Crippen LogP contribution in [0, 0.1) is 0 Å². The van der Waals surface area contributed by atoms with E-state index in [0.29, 0.717) is 6.54 Å². The van der Waals surface area contributed by atoms with Crippen LogP contribution in [-0.4, -0.2) is 12.6 Å². The highest BCUT2D eigenvalue weighted by molar-refractivity contribution is 4.92. The van der Waals surface area contributed by atoms with Gasteiger partial charge in [0.1, 0.15) is 0 Å². The van der Waals surface area contributed by atoms with Crippen molar-refractivity contribution in [1.82, 2.24) is 0 Å². The second-order valence-corrected chi connectivity index (χ2v) is 6.18. The average molecular weight is 309 g/mol. The largest absolute Gasteiger partial charge is 0.324 e. The molecule has 0 aliphatic heterocycles. The van der Waals surface area contributed by atoms with Crippen LogP contribution in [0.25, 0.3) is 10.4 Å². The third kappa shape index (κ3) is 17.1. The van der Waals surface area contributed by atoms with Crippen molar-refractivity contribution in [2.24, 2.45) is 10.8 Å². The van der Waals surface area contributed by atoms with Crippen LogP contribution in [0.1, 0.15) is 90.4 Å². The van der Waals surface area contributed by atoms with Gasteiger partial charge in [-0.15, -0.1) is 0 Å². The van der Waals surface area contributed by atoms with E-state index >= 15 is 0 Å². The van der Waals surface area contributed by atoms with Gasteiger partial charge in [0, 0.05) is 17.5 Å². The Kier molecular flexibility index (Phi) is 17.2. The molecule has 0 aromatic rings. The van der Waals surface area contributed by atoms with E-state index in [2.05, 4.69) is 23.0 Å². The number of nitrogens with two attached hydrogens (primary N) is 1. The highest BCUT2D eigenvalue weighted by Gasteiger charge is 1.94. The Morgan fingerprint density at radius 2 is 1.41 bits per heavy atom. The molecule has 2 N–H and O–H groups in total. The number of nitrogens with zero attached hydrogens (tertiary/aromatic N) is 3. The Balaban J connectivity index is 3.17. The maximum absolute atomic E-state index is 8.19. The maximum Gasteiger partial charge on any atom is 0.0445 e. The van der Waals surface area contributed by atoms with Crippen LogP contribution in [0.3, 0.4) is 0 Å². The predicted octanol–water partition coefficient (Wildman–Crippen LogP) is 6.27. The fourth-order valence-electron chi connectivity index (χ4n) is 2.57. The minimum absolute atomic E-state index is 0.131. The number of hydrogen-bond acceptors (Lipinski definition) is 2. The highest BCUT2D eigenvalue weighted by atomic mass is 15.1. The van der Waals surface area contributed by atoms with Crippen molar-refractivity contribution in [3.63, 3.8) is 0 Å². The fourth-order valence-corrected chi connectivity index (χ4v) is 2.57. The van der Waals surface area contributed by atoms with Crippen molar-refractivity contribution in [3.8, 4) is 0 Å². The van der Waals surface area contributed by atoms with Crippen LogP contribution in [0.2, 0.25) is 0 Å². The van der Waals surface area contributed by atoms with Gasteiger partial charge >= 0.3 is 0 Å². The smallest absolute Gasteiger partial charge is 0.0445 e. The molecule has 0 aromatic carbocycles. The van der Waals surface area contributed by atoms with Crippen LogP contribution >= 0.6 is 0 Å². The lowest BCUT2D eigenvalue weighted by Gasteiger charge is -2.02. The minimum Gasteiger partial charge on any atom is -0.324 e. The maximum atomic E-state index is 8.19. The summed E-state index contributed by atoms with van der Waals surface area (Å²) in [5.41, 5.74) is 13.9. The summed E-state index contributed by atoms with van der Waals surface area (Å²) in [6, 6.07) is -0.131. The van der Waals surface area contributed by atoms with Crippen molar-refractivity contribution in [1.29, 1.82) is 0 Å². The average Bonchev–Trinajstić information content (AvgIpc) is 2.53. The molecule has 0 aliphatic carbocycles. The van der Waals surface area contributed by atoms with Gasteiger partial charge in [0.25, 0.3) is 0 Å². The number of allylic oxidation sites excluding steroid dienone is 1. The standard InChI is InChI=1S/C18H36N4/c1-2-3-4-5-6-7-8-9-10-11-12-13-14-15-16-18(19)17-21-22-20/h15-16,18H,2-14,17,19H2,1H3/b16-15+/t18-/m1/s1. The fraction of sp³-hybridized carbons (Fsp3) is 0.889. The number of unbranched alkanes of at least 4 members (excludes halogenated alkanes) is 12. The van der Waals surface area contributed by atoms with Crippen molar-refractivity contribution in [2.75, 3.05) is 6.54 Å². The normalized spacial score (nSPS) is 12.5. The second kappa shape index (κ2) is 18.1. The van der Waals surface area contributed by atoms with Crippen molar-refractivity contribution in [2.45, 2.75) is 96.4 Å². The summed E-state index contributed by atoms with van der Waals surface area (Å²) >= 11 is 0. The summed E-state index contributed by atoms with van der Waals surface area (Å²) in [4.78, 5) is 2.70.